The number of aromatic carboxylic acids is 2. The Labute approximate surface area is 540 Å². The molecule has 0 spiro atoms. The molecule has 0 radical (unpaired) electrons. The summed E-state index contributed by atoms with van der Waals surface area (Å²) in [6.45, 7) is 26.5. The van der Waals surface area contributed by atoms with E-state index in [2.05, 4.69) is 204 Å². The average molecular weight is 1230 g/mol. The molecule has 448 valence electrons. The van der Waals surface area contributed by atoms with Crippen molar-refractivity contribution >= 4 is 11.9 Å². The maximum atomic E-state index is 12.1. The van der Waals surface area contributed by atoms with Gasteiger partial charge in [0.1, 0.15) is 11.3 Å². The van der Waals surface area contributed by atoms with Crippen LogP contribution in [-0.2, 0) is 70.8 Å². The number of carboxylic acid groups (broad SMARTS) is 2. The molecule has 0 saturated carbocycles. The third kappa shape index (κ3) is 16.2. The smallest absolute Gasteiger partial charge is 0.872 e. The largest absolute Gasteiger partial charge is 2.00 e. The van der Waals surface area contributed by atoms with Gasteiger partial charge in [-0.25, -0.2) is 4.79 Å². The molecular weight excluding hydrogens is 1150 g/mol. The fourth-order valence-electron chi connectivity index (χ4n) is 13.3. The number of carboxylic acids is 2. The van der Waals surface area contributed by atoms with Crippen LogP contribution in [0, 0.1) is 83.1 Å². The molecule has 89 heavy (non-hydrogen) atoms. The van der Waals surface area contributed by atoms with Gasteiger partial charge in [-0.2, -0.15) is 0 Å². The van der Waals surface area contributed by atoms with E-state index in [1.165, 1.54) is 146 Å². The summed E-state index contributed by atoms with van der Waals surface area (Å²) < 4.78 is 0. The molecule has 10 aromatic carbocycles. The van der Waals surface area contributed by atoms with E-state index < -0.39 is 17.7 Å². The Morgan fingerprint density at radius 1 is 0.337 bits per heavy atom. The maximum absolute atomic E-state index is 12.1. The van der Waals surface area contributed by atoms with E-state index in [4.69, 9.17) is 0 Å². The number of carbonyl (C=O) groups is 2. The van der Waals surface area contributed by atoms with Gasteiger partial charge < -0.3 is 25.2 Å². The fraction of sp³-hybridized carbons (Fsp3) is 0.244. The van der Waals surface area contributed by atoms with Crippen molar-refractivity contribution in [2.24, 2.45) is 0 Å². The number of hydrogen-bond acceptors (Lipinski definition) is 5. The summed E-state index contributed by atoms with van der Waals surface area (Å²) in [7, 11) is 0. The molecule has 0 unspecified atom stereocenters. The van der Waals surface area contributed by atoms with Gasteiger partial charge in [-0.15, -0.1) is 0 Å². The Hall–Kier alpha value is -8.64. The molecule has 0 bridgehead atoms. The van der Waals surface area contributed by atoms with Gasteiger partial charge in [-0.05, 0) is 291 Å². The minimum absolute atomic E-state index is 0. The van der Waals surface area contributed by atoms with Crippen molar-refractivity contribution in [3.63, 3.8) is 0 Å². The van der Waals surface area contributed by atoms with Crippen LogP contribution in [0.2, 0.25) is 0 Å². The Morgan fingerprint density at radius 2 is 0.584 bits per heavy atom. The van der Waals surface area contributed by atoms with E-state index >= 15 is 0 Å². The molecule has 6 nitrogen and oxygen atoms in total. The number of rotatable bonds is 18. The zero-order chi connectivity index (χ0) is 63.1. The molecular formula is C82H82O6Zn. The molecule has 0 aliphatic carbocycles. The van der Waals surface area contributed by atoms with Crippen LogP contribution in [0.4, 0.5) is 0 Å². The summed E-state index contributed by atoms with van der Waals surface area (Å²) in [5, 5.41) is 43.2. The number of aryl methyl sites for hydroxylation is 10. The third-order valence-electron chi connectivity index (χ3n) is 18.1. The van der Waals surface area contributed by atoms with Crippen molar-refractivity contribution in [2.75, 3.05) is 0 Å². The molecule has 0 heterocycles. The van der Waals surface area contributed by atoms with E-state index in [1.54, 1.807) is 24.3 Å². The first-order valence-electron chi connectivity index (χ1n) is 30.7. The molecule has 0 atom stereocenters. The Balaban J connectivity index is 0.000000228. The summed E-state index contributed by atoms with van der Waals surface area (Å²) in [6.07, 6.45) is 6.19. The normalized spacial score (nSPS) is 11.0. The minimum atomic E-state index is -1.42. The Bertz CT molecular complexity index is 3890. The topological polar surface area (TPSA) is 121 Å². The van der Waals surface area contributed by atoms with Crippen LogP contribution in [0.15, 0.2) is 170 Å². The van der Waals surface area contributed by atoms with E-state index in [0.717, 1.165) is 49.7 Å². The molecule has 10 rings (SSSR count). The summed E-state index contributed by atoms with van der Waals surface area (Å²) in [6, 6.07) is 58.0. The summed E-state index contributed by atoms with van der Waals surface area (Å²) in [4.78, 5) is 23.2. The zero-order valence-corrected chi connectivity index (χ0v) is 57.0. The van der Waals surface area contributed by atoms with Gasteiger partial charge in [-0.3, -0.25) is 0 Å². The van der Waals surface area contributed by atoms with Gasteiger partial charge in [0.05, 0.1) is 5.97 Å². The van der Waals surface area contributed by atoms with Crippen LogP contribution < -0.4 is 10.2 Å². The monoisotopic (exact) mass is 1230 g/mol. The van der Waals surface area contributed by atoms with Crippen molar-refractivity contribution < 1.29 is 49.5 Å². The second-order valence-corrected chi connectivity index (χ2v) is 24.8. The predicted octanol–water partition coefficient (Wildman–Crippen LogP) is 16.6. The van der Waals surface area contributed by atoms with Crippen molar-refractivity contribution in [1.29, 1.82) is 0 Å². The summed E-state index contributed by atoms with van der Waals surface area (Å²) in [5.41, 5.74) is 34.8. The quantitative estimate of drug-likeness (QED) is 0.0826. The van der Waals surface area contributed by atoms with Gasteiger partial charge in [0.15, 0.2) is 0 Å². The van der Waals surface area contributed by atoms with Crippen LogP contribution in [0.3, 0.4) is 0 Å². The van der Waals surface area contributed by atoms with Crippen LogP contribution >= 0.6 is 0 Å². The molecule has 0 saturated heterocycles. The van der Waals surface area contributed by atoms with E-state index in [0.29, 0.717) is 24.0 Å². The van der Waals surface area contributed by atoms with E-state index in [1.807, 2.05) is 12.1 Å². The summed E-state index contributed by atoms with van der Waals surface area (Å²) >= 11 is 0. The van der Waals surface area contributed by atoms with Crippen molar-refractivity contribution in [2.45, 2.75) is 134 Å². The molecule has 2 N–H and O–H groups in total. The Kier molecular flexibility index (Phi) is 21.7. The van der Waals surface area contributed by atoms with Crippen LogP contribution in [0.1, 0.15) is 176 Å². The molecule has 0 aromatic heterocycles. The molecule has 0 amide bonds. The van der Waals surface area contributed by atoms with Gasteiger partial charge >= 0.3 is 25.4 Å². The third-order valence-corrected chi connectivity index (χ3v) is 18.1. The first-order chi connectivity index (χ1) is 42.0. The van der Waals surface area contributed by atoms with Crippen molar-refractivity contribution in [3.8, 4) is 11.5 Å². The van der Waals surface area contributed by atoms with Gasteiger partial charge in [-0.1, -0.05) is 181 Å². The zero-order valence-electron chi connectivity index (χ0n) is 54.1. The molecule has 0 fully saturated rings. The van der Waals surface area contributed by atoms with Crippen LogP contribution in [0.25, 0.3) is 0 Å². The average Bonchev–Trinajstić information content (AvgIpc) is 3.66. The molecule has 10 aromatic rings. The van der Waals surface area contributed by atoms with Gasteiger partial charge in [0.2, 0.25) is 0 Å². The molecule has 7 heteroatoms. The minimum Gasteiger partial charge on any atom is -0.872 e. The first-order valence-corrected chi connectivity index (χ1v) is 30.7. The van der Waals surface area contributed by atoms with E-state index in [9.17, 15) is 30.0 Å². The number of phenols is 1. The number of carbonyl (C=O) groups excluding carboxylic acids is 1. The summed E-state index contributed by atoms with van der Waals surface area (Å²) in [5.74, 6) is -3.24. The maximum Gasteiger partial charge on any atom is 2.00 e. The van der Waals surface area contributed by atoms with Crippen LogP contribution in [0.5, 0.6) is 11.5 Å². The predicted molar refractivity (Wildman–Crippen MR) is 356 cm³/mol. The molecule has 0 aliphatic rings. The van der Waals surface area contributed by atoms with Crippen molar-refractivity contribution in [3.05, 3.63) is 337 Å². The second-order valence-electron chi connectivity index (χ2n) is 24.8. The Morgan fingerprint density at radius 3 is 0.865 bits per heavy atom. The van der Waals surface area contributed by atoms with Crippen LogP contribution in [-0.4, -0.2) is 22.2 Å². The van der Waals surface area contributed by atoms with Crippen molar-refractivity contribution in [1.82, 2.24) is 0 Å². The number of aromatic hydroxyl groups is 1. The SMILES string of the molecule is Cc1cc(C)c(Cc2ccc(Cc3c(C)cc(C)c(Cc4ccc(Cc5cccc(O)c5C(=O)O)cc4)c3C)cc2)c(C)c1.Cc1cc(C)c(Cc2ccc(Cc3c(C)cc(C)c(Cc4ccc(Cc5cccc([O-])c5C(=O)[O-])cc4)c3C)cc2)c(C)c1.[Zn+2]. The number of hydrogen-bond donors (Lipinski definition) is 2. The first kappa shape index (κ1) is 66.3. The number of benzene rings is 10. The standard InChI is InChI=1S/2C41H42O3.Zn/c2*1-25-18-26(2)36(27(3)19-25)22-32-14-16-34(17-15-32)24-38-29(5)20-28(4)37(30(38)6)23-33-12-10-31(11-13-33)21-35-8-7-9-39(42)40(35)41(43)44;/h2*7-20,42H,21-24H2,1-6H3,(H,43,44);/q;;+2/p-2. The van der Waals surface area contributed by atoms with E-state index in [-0.39, 0.29) is 36.4 Å². The fourth-order valence-corrected chi connectivity index (χ4v) is 13.3. The van der Waals surface area contributed by atoms with Gasteiger partial charge in [0, 0.05) is 0 Å². The second kappa shape index (κ2) is 29.1. The molecule has 0 aliphatic heterocycles. The van der Waals surface area contributed by atoms with Gasteiger partial charge in [0.25, 0.3) is 0 Å².